The summed E-state index contributed by atoms with van der Waals surface area (Å²) in [4.78, 5) is 26.8. The number of carbonyl (C=O) groups excluding carboxylic acids is 2. The van der Waals surface area contributed by atoms with E-state index in [1.54, 1.807) is 19.1 Å². The molecular formula is C20H20BrFN2O4. The molecule has 8 heteroatoms. The predicted molar refractivity (Wildman–Crippen MR) is 104 cm³/mol. The molecule has 0 aliphatic carbocycles. The van der Waals surface area contributed by atoms with Gasteiger partial charge < -0.3 is 20.1 Å². The Morgan fingerprint density at radius 2 is 2.11 bits per heavy atom. The van der Waals surface area contributed by atoms with Gasteiger partial charge in [0.2, 0.25) is 5.91 Å². The Hall–Kier alpha value is -2.45. The zero-order chi connectivity index (χ0) is 20.4. The van der Waals surface area contributed by atoms with Gasteiger partial charge in [0.15, 0.2) is 0 Å². The van der Waals surface area contributed by atoms with E-state index in [2.05, 4.69) is 21.2 Å². The quantitative estimate of drug-likeness (QED) is 0.708. The second-order valence-electron chi connectivity index (χ2n) is 6.58. The van der Waals surface area contributed by atoms with Crippen LogP contribution in [0.1, 0.15) is 34.5 Å². The van der Waals surface area contributed by atoms with Gasteiger partial charge in [-0.3, -0.25) is 9.59 Å². The minimum atomic E-state index is -0.825. The van der Waals surface area contributed by atoms with Crippen LogP contribution >= 0.6 is 15.9 Å². The fraction of sp³-hybridized carbons (Fsp3) is 0.300. The maximum atomic E-state index is 13.8. The van der Waals surface area contributed by atoms with E-state index in [9.17, 15) is 19.1 Å². The Morgan fingerprint density at radius 1 is 1.36 bits per heavy atom. The molecule has 0 aromatic heterocycles. The van der Waals surface area contributed by atoms with Gasteiger partial charge in [-0.1, -0.05) is 22.0 Å². The molecule has 0 saturated carbocycles. The molecule has 1 heterocycles. The van der Waals surface area contributed by atoms with Crippen LogP contribution in [0, 0.1) is 5.82 Å². The number of benzene rings is 2. The number of fused-ring (bicyclic) bond motifs is 1. The van der Waals surface area contributed by atoms with Gasteiger partial charge in [0.1, 0.15) is 17.6 Å². The molecule has 1 aliphatic heterocycles. The molecule has 28 heavy (non-hydrogen) atoms. The molecule has 0 radical (unpaired) electrons. The van der Waals surface area contributed by atoms with Gasteiger partial charge in [-0.2, -0.15) is 0 Å². The van der Waals surface area contributed by atoms with Crippen LogP contribution in [-0.2, 0) is 11.3 Å². The number of hydrogen-bond donors (Lipinski definition) is 2. The fourth-order valence-corrected chi connectivity index (χ4v) is 3.54. The van der Waals surface area contributed by atoms with E-state index in [4.69, 9.17) is 4.74 Å². The van der Waals surface area contributed by atoms with E-state index in [0.29, 0.717) is 17.7 Å². The molecule has 2 amide bonds. The molecule has 3 rings (SSSR count). The van der Waals surface area contributed by atoms with Gasteiger partial charge in [0, 0.05) is 22.6 Å². The van der Waals surface area contributed by atoms with E-state index in [-0.39, 0.29) is 11.7 Å². The van der Waals surface area contributed by atoms with Gasteiger partial charge in [0.05, 0.1) is 19.8 Å². The highest BCUT2D eigenvalue weighted by molar-refractivity contribution is 9.10. The zero-order valence-corrected chi connectivity index (χ0v) is 17.0. The van der Waals surface area contributed by atoms with Crippen molar-refractivity contribution in [3.8, 4) is 5.75 Å². The van der Waals surface area contributed by atoms with E-state index >= 15 is 0 Å². The number of rotatable bonds is 6. The van der Waals surface area contributed by atoms with Crippen LogP contribution in [0.15, 0.2) is 40.9 Å². The lowest BCUT2D eigenvalue weighted by Gasteiger charge is -2.26. The minimum Gasteiger partial charge on any atom is -0.497 e. The van der Waals surface area contributed by atoms with Crippen LogP contribution in [0.4, 0.5) is 4.39 Å². The lowest BCUT2D eigenvalue weighted by atomic mass is 10.1. The Bertz CT molecular complexity index is 921. The highest BCUT2D eigenvalue weighted by Gasteiger charge is 2.34. The van der Waals surface area contributed by atoms with Crippen molar-refractivity contribution in [3.63, 3.8) is 0 Å². The number of amides is 2. The fourth-order valence-electron chi connectivity index (χ4n) is 3.18. The molecule has 1 aliphatic rings. The Kier molecular flexibility index (Phi) is 6.00. The third kappa shape index (κ3) is 4.02. The van der Waals surface area contributed by atoms with E-state index in [1.807, 2.05) is 12.1 Å². The largest absolute Gasteiger partial charge is 0.497 e. The Balaban J connectivity index is 1.75. The molecule has 2 aromatic carbocycles. The molecule has 2 atom stereocenters. The minimum absolute atomic E-state index is 0.230. The number of nitrogens with zero attached hydrogens (tertiary/aromatic N) is 1. The second kappa shape index (κ2) is 8.28. The van der Waals surface area contributed by atoms with Crippen LogP contribution in [0.2, 0.25) is 0 Å². The summed E-state index contributed by atoms with van der Waals surface area (Å²) in [5.41, 5.74) is 1.78. The van der Waals surface area contributed by atoms with E-state index < -0.39 is 30.4 Å². The standard InChI is InChI=1S/C20H20BrFN2O4/c1-11(24-9-12-3-4-14(21)7-17(12)20(24)27)19(26)23-18(10-25)13-5-15(22)8-16(6-13)28-2/h3-8,11,18,25H,9-10H2,1-2H3,(H,23,26)/t11-,18-/m1/s1. The van der Waals surface area contributed by atoms with Gasteiger partial charge in [-0.05, 0) is 42.3 Å². The number of aliphatic hydroxyl groups is 1. The monoisotopic (exact) mass is 450 g/mol. The van der Waals surface area contributed by atoms with Crippen molar-refractivity contribution < 1.29 is 23.8 Å². The summed E-state index contributed by atoms with van der Waals surface area (Å²) >= 11 is 3.35. The first-order valence-electron chi connectivity index (χ1n) is 8.69. The molecule has 0 saturated heterocycles. The molecule has 0 unspecified atom stereocenters. The lowest BCUT2D eigenvalue weighted by Crippen LogP contribution is -2.46. The summed E-state index contributed by atoms with van der Waals surface area (Å²) in [6.45, 7) is 1.52. The van der Waals surface area contributed by atoms with Crippen LogP contribution < -0.4 is 10.1 Å². The van der Waals surface area contributed by atoms with Crippen molar-refractivity contribution in [1.29, 1.82) is 0 Å². The van der Waals surface area contributed by atoms with Crippen molar-refractivity contribution in [1.82, 2.24) is 10.2 Å². The molecular weight excluding hydrogens is 431 g/mol. The van der Waals surface area contributed by atoms with E-state index in [1.165, 1.54) is 24.1 Å². The maximum absolute atomic E-state index is 13.8. The predicted octanol–water partition coefficient (Wildman–Crippen LogP) is 2.79. The number of ether oxygens (including phenoxy) is 1. The van der Waals surface area contributed by atoms with Crippen molar-refractivity contribution >= 4 is 27.7 Å². The molecule has 2 aromatic rings. The zero-order valence-electron chi connectivity index (χ0n) is 15.4. The van der Waals surface area contributed by atoms with Crippen LogP contribution in [0.25, 0.3) is 0 Å². The van der Waals surface area contributed by atoms with Crippen LogP contribution in [0.3, 0.4) is 0 Å². The van der Waals surface area contributed by atoms with Gasteiger partial charge >= 0.3 is 0 Å². The first-order valence-corrected chi connectivity index (χ1v) is 9.48. The van der Waals surface area contributed by atoms with Gasteiger partial charge in [0.25, 0.3) is 5.91 Å². The Morgan fingerprint density at radius 3 is 2.79 bits per heavy atom. The highest BCUT2D eigenvalue weighted by Crippen LogP contribution is 2.28. The first kappa shape index (κ1) is 20.3. The third-order valence-electron chi connectivity index (χ3n) is 4.78. The number of halogens is 2. The average molecular weight is 451 g/mol. The number of carbonyl (C=O) groups is 2. The highest BCUT2D eigenvalue weighted by atomic mass is 79.9. The van der Waals surface area contributed by atoms with Crippen LogP contribution in [0.5, 0.6) is 5.75 Å². The lowest BCUT2D eigenvalue weighted by molar-refractivity contribution is -0.126. The second-order valence-corrected chi connectivity index (χ2v) is 7.49. The first-order chi connectivity index (χ1) is 13.3. The summed E-state index contributed by atoms with van der Waals surface area (Å²) in [6, 6.07) is 7.82. The number of methoxy groups -OCH3 is 1. The van der Waals surface area contributed by atoms with E-state index in [0.717, 1.165) is 10.0 Å². The Labute approximate surface area is 170 Å². The van der Waals surface area contributed by atoms with Gasteiger partial charge in [-0.25, -0.2) is 4.39 Å². The summed E-state index contributed by atoms with van der Waals surface area (Å²) in [5, 5.41) is 12.4. The maximum Gasteiger partial charge on any atom is 0.255 e. The smallest absolute Gasteiger partial charge is 0.255 e. The van der Waals surface area contributed by atoms with Crippen molar-refractivity contribution in [3.05, 3.63) is 63.4 Å². The molecule has 148 valence electrons. The summed E-state index contributed by atoms with van der Waals surface area (Å²) in [6.07, 6.45) is 0. The van der Waals surface area contributed by atoms with Crippen molar-refractivity contribution in [2.24, 2.45) is 0 Å². The number of aliphatic hydroxyl groups excluding tert-OH is 1. The summed E-state index contributed by atoms with van der Waals surface area (Å²) < 4.78 is 19.6. The molecule has 0 fully saturated rings. The number of nitrogens with one attached hydrogen (secondary N) is 1. The summed E-state index contributed by atoms with van der Waals surface area (Å²) in [5.74, 6) is -0.924. The normalized spacial score (nSPS) is 15.2. The van der Waals surface area contributed by atoms with Crippen molar-refractivity contribution in [2.45, 2.75) is 25.6 Å². The molecule has 0 bridgehead atoms. The summed E-state index contributed by atoms with van der Waals surface area (Å²) in [7, 11) is 1.40. The molecule has 6 nitrogen and oxygen atoms in total. The molecule has 0 spiro atoms. The number of hydrogen-bond acceptors (Lipinski definition) is 4. The topological polar surface area (TPSA) is 78.9 Å². The molecule has 2 N–H and O–H groups in total. The van der Waals surface area contributed by atoms with Gasteiger partial charge in [-0.15, -0.1) is 0 Å². The van der Waals surface area contributed by atoms with Crippen molar-refractivity contribution in [2.75, 3.05) is 13.7 Å². The third-order valence-corrected chi connectivity index (χ3v) is 5.27. The van der Waals surface area contributed by atoms with Crippen LogP contribution in [-0.4, -0.2) is 41.6 Å². The SMILES string of the molecule is COc1cc(F)cc([C@@H](CO)NC(=O)[C@@H](C)N2Cc3ccc(Br)cc3C2=O)c1. The average Bonchev–Trinajstić information content (AvgIpc) is 3.00.